The van der Waals surface area contributed by atoms with Gasteiger partial charge in [0.15, 0.2) is 0 Å². The lowest BCUT2D eigenvalue weighted by Crippen LogP contribution is -1.98. The molecule has 0 aromatic heterocycles. The lowest BCUT2D eigenvalue weighted by atomic mass is 10.00. The first-order chi connectivity index (χ1) is 9.20. The van der Waals surface area contributed by atoms with Crippen LogP contribution in [-0.4, -0.2) is 18.2 Å². The molecule has 0 heterocycles. The third-order valence-electron chi connectivity index (χ3n) is 2.98. The number of carboxylic acids is 1. The molecule has 0 saturated heterocycles. The maximum Gasteiger partial charge on any atom is 0.303 e. The molecule has 0 radical (unpaired) electrons. The summed E-state index contributed by atoms with van der Waals surface area (Å²) in [7, 11) is 1.64. The molecular weight excluding hydrogens is 240 g/mol. The van der Waals surface area contributed by atoms with Gasteiger partial charge in [-0.2, -0.15) is 0 Å². The van der Waals surface area contributed by atoms with E-state index in [2.05, 4.69) is 0 Å². The standard InChI is InChI=1S/C16H16O3/c1-19-15-9-7-12(8-10-16(17)18)11-14(15)13-5-3-2-4-6-13/h2-7,9,11H,8,10H2,1H3,(H,17,18). The number of hydrogen-bond donors (Lipinski definition) is 1. The van der Waals surface area contributed by atoms with Gasteiger partial charge in [-0.25, -0.2) is 0 Å². The second kappa shape index (κ2) is 6.05. The van der Waals surface area contributed by atoms with Gasteiger partial charge < -0.3 is 9.84 Å². The lowest BCUT2D eigenvalue weighted by Gasteiger charge is -2.10. The van der Waals surface area contributed by atoms with Crippen LogP contribution in [0.3, 0.4) is 0 Å². The number of ether oxygens (including phenoxy) is 1. The average molecular weight is 256 g/mol. The summed E-state index contributed by atoms with van der Waals surface area (Å²) in [6.45, 7) is 0. The van der Waals surface area contributed by atoms with Gasteiger partial charge in [-0.1, -0.05) is 36.4 Å². The van der Waals surface area contributed by atoms with Crippen molar-refractivity contribution >= 4 is 5.97 Å². The zero-order valence-corrected chi connectivity index (χ0v) is 10.8. The van der Waals surface area contributed by atoms with Gasteiger partial charge >= 0.3 is 5.97 Å². The molecule has 1 N–H and O–H groups in total. The number of methoxy groups -OCH3 is 1. The van der Waals surface area contributed by atoms with Crippen molar-refractivity contribution in [2.45, 2.75) is 12.8 Å². The fourth-order valence-electron chi connectivity index (χ4n) is 2.01. The number of carbonyl (C=O) groups is 1. The topological polar surface area (TPSA) is 46.5 Å². The Morgan fingerprint density at radius 3 is 2.53 bits per heavy atom. The summed E-state index contributed by atoms with van der Waals surface area (Å²) in [5, 5.41) is 8.74. The van der Waals surface area contributed by atoms with Gasteiger partial charge in [-0.3, -0.25) is 4.79 Å². The highest BCUT2D eigenvalue weighted by atomic mass is 16.5. The average Bonchev–Trinajstić information content (AvgIpc) is 2.45. The Hall–Kier alpha value is -2.29. The van der Waals surface area contributed by atoms with E-state index >= 15 is 0 Å². The third kappa shape index (κ3) is 3.35. The summed E-state index contributed by atoms with van der Waals surface area (Å²) in [6.07, 6.45) is 0.666. The van der Waals surface area contributed by atoms with Crippen molar-refractivity contribution in [1.82, 2.24) is 0 Å². The van der Waals surface area contributed by atoms with Crippen molar-refractivity contribution in [1.29, 1.82) is 0 Å². The second-order valence-electron chi connectivity index (χ2n) is 4.29. The monoisotopic (exact) mass is 256 g/mol. The molecule has 3 nitrogen and oxygen atoms in total. The molecule has 0 amide bonds. The van der Waals surface area contributed by atoms with Gasteiger partial charge in [0.05, 0.1) is 7.11 Å². The van der Waals surface area contributed by atoms with E-state index in [1.165, 1.54) is 0 Å². The predicted octanol–water partition coefficient (Wildman–Crippen LogP) is 3.38. The van der Waals surface area contributed by atoms with Crippen molar-refractivity contribution in [2.24, 2.45) is 0 Å². The summed E-state index contributed by atoms with van der Waals surface area (Å²) >= 11 is 0. The first kappa shape index (κ1) is 13.1. The van der Waals surface area contributed by atoms with Crippen LogP contribution in [0.2, 0.25) is 0 Å². The van der Waals surface area contributed by atoms with Gasteiger partial charge in [-0.15, -0.1) is 0 Å². The van der Waals surface area contributed by atoms with Crippen LogP contribution >= 0.6 is 0 Å². The van der Waals surface area contributed by atoms with Crippen molar-refractivity contribution in [3.8, 4) is 16.9 Å². The van der Waals surface area contributed by atoms with E-state index in [-0.39, 0.29) is 6.42 Å². The van der Waals surface area contributed by atoms with E-state index in [1.54, 1.807) is 7.11 Å². The van der Waals surface area contributed by atoms with Crippen molar-refractivity contribution in [3.63, 3.8) is 0 Å². The molecule has 0 unspecified atom stereocenters. The Morgan fingerprint density at radius 1 is 1.16 bits per heavy atom. The van der Waals surface area contributed by atoms with Gasteiger partial charge in [0.2, 0.25) is 0 Å². The van der Waals surface area contributed by atoms with Crippen LogP contribution in [0, 0.1) is 0 Å². The Bertz CT molecular complexity index is 561. The van der Waals surface area contributed by atoms with Gasteiger partial charge in [-0.05, 0) is 29.7 Å². The molecule has 0 aliphatic heterocycles. The summed E-state index contributed by atoms with van der Waals surface area (Å²) in [4.78, 5) is 10.6. The molecule has 0 spiro atoms. The van der Waals surface area contributed by atoms with Crippen LogP contribution in [0.5, 0.6) is 5.75 Å². The van der Waals surface area contributed by atoms with Crippen LogP contribution in [0.4, 0.5) is 0 Å². The number of aliphatic carboxylic acids is 1. The fraction of sp³-hybridized carbons (Fsp3) is 0.188. The molecule has 0 aliphatic carbocycles. The van der Waals surface area contributed by atoms with Crippen LogP contribution in [0.15, 0.2) is 48.5 Å². The Balaban J connectivity index is 2.34. The number of benzene rings is 2. The van der Waals surface area contributed by atoms with E-state index in [9.17, 15) is 4.79 Å². The zero-order valence-electron chi connectivity index (χ0n) is 10.8. The zero-order chi connectivity index (χ0) is 13.7. The normalized spacial score (nSPS) is 10.2. The van der Waals surface area contributed by atoms with Crippen molar-refractivity contribution < 1.29 is 14.6 Å². The molecule has 2 aromatic carbocycles. The van der Waals surface area contributed by atoms with Crippen LogP contribution in [0.25, 0.3) is 11.1 Å². The van der Waals surface area contributed by atoms with E-state index in [1.807, 2.05) is 48.5 Å². The smallest absolute Gasteiger partial charge is 0.303 e. The minimum Gasteiger partial charge on any atom is -0.496 e. The van der Waals surface area contributed by atoms with Crippen molar-refractivity contribution in [3.05, 3.63) is 54.1 Å². The van der Waals surface area contributed by atoms with Crippen LogP contribution < -0.4 is 4.74 Å². The number of hydrogen-bond acceptors (Lipinski definition) is 2. The molecule has 0 aliphatic rings. The van der Waals surface area contributed by atoms with E-state index in [0.717, 1.165) is 22.4 Å². The maximum atomic E-state index is 10.6. The molecule has 0 saturated carbocycles. The number of rotatable bonds is 5. The summed E-state index contributed by atoms with van der Waals surface area (Å²) < 4.78 is 5.36. The SMILES string of the molecule is COc1ccc(CCC(=O)O)cc1-c1ccccc1. The van der Waals surface area contributed by atoms with Gasteiger partial charge in [0.1, 0.15) is 5.75 Å². The summed E-state index contributed by atoms with van der Waals surface area (Å²) in [5.41, 5.74) is 3.06. The van der Waals surface area contributed by atoms with E-state index in [4.69, 9.17) is 9.84 Å². The molecule has 98 valence electrons. The van der Waals surface area contributed by atoms with E-state index in [0.29, 0.717) is 6.42 Å². The highest BCUT2D eigenvalue weighted by Gasteiger charge is 2.07. The molecule has 2 rings (SSSR count). The highest BCUT2D eigenvalue weighted by molar-refractivity contribution is 5.72. The third-order valence-corrected chi connectivity index (χ3v) is 2.98. The first-order valence-corrected chi connectivity index (χ1v) is 6.15. The maximum absolute atomic E-state index is 10.6. The minimum absolute atomic E-state index is 0.139. The largest absolute Gasteiger partial charge is 0.496 e. The summed E-state index contributed by atoms with van der Waals surface area (Å²) in [6, 6.07) is 15.7. The Morgan fingerprint density at radius 2 is 1.89 bits per heavy atom. The number of carboxylic acid groups (broad SMARTS) is 1. The highest BCUT2D eigenvalue weighted by Crippen LogP contribution is 2.31. The first-order valence-electron chi connectivity index (χ1n) is 6.15. The van der Waals surface area contributed by atoms with Crippen LogP contribution in [-0.2, 0) is 11.2 Å². The predicted molar refractivity (Wildman–Crippen MR) is 74.4 cm³/mol. The molecule has 3 heteroatoms. The minimum atomic E-state index is -0.780. The molecule has 0 bridgehead atoms. The summed E-state index contributed by atoms with van der Waals surface area (Å²) in [5.74, 6) is 0.0161. The quantitative estimate of drug-likeness (QED) is 0.892. The molecule has 0 fully saturated rings. The van der Waals surface area contributed by atoms with Gasteiger partial charge in [0, 0.05) is 12.0 Å². The van der Waals surface area contributed by atoms with Crippen molar-refractivity contribution in [2.75, 3.05) is 7.11 Å². The molecule has 2 aromatic rings. The van der Waals surface area contributed by atoms with Gasteiger partial charge in [0.25, 0.3) is 0 Å². The number of aryl methyl sites for hydroxylation is 1. The molecule has 19 heavy (non-hydrogen) atoms. The van der Waals surface area contributed by atoms with E-state index < -0.39 is 5.97 Å². The molecular formula is C16H16O3. The Kier molecular flexibility index (Phi) is 4.18. The molecule has 0 atom stereocenters. The fourth-order valence-corrected chi connectivity index (χ4v) is 2.01. The van der Waals surface area contributed by atoms with Crippen LogP contribution in [0.1, 0.15) is 12.0 Å². The lowest BCUT2D eigenvalue weighted by molar-refractivity contribution is -0.136. The Labute approximate surface area is 112 Å². The second-order valence-corrected chi connectivity index (χ2v) is 4.29.